The van der Waals surface area contributed by atoms with Gasteiger partial charge in [0.1, 0.15) is 11.6 Å². The normalized spacial score (nSPS) is 25.3. The lowest BCUT2D eigenvalue weighted by Gasteiger charge is -2.25. The first-order valence-electron chi connectivity index (χ1n) is 9.56. The van der Waals surface area contributed by atoms with Gasteiger partial charge in [0.25, 0.3) is 0 Å². The van der Waals surface area contributed by atoms with E-state index in [0.717, 1.165) is 17.1 Å². The number of aliphatic hydroxyl groups excluding tert-OH is 2. The Morgan fingerprint density at radius 2 is 1.93 bits per heavy atom. The number of halogens is 1. The maximum atomic E-state index is 13.1. The van der Waals surface area contributed by atoms with Gasteiger partial charge in [0, 0.05) is 42.9 Å². The van der Waals surface area contributed by atoms with E-state index in [-0.39, 0.29) is 36.2 Å². The average Bonchev–Trinajstić information content (AvgIpc) is 2.96. The van der Waals surface area contributed by atoms with Gasteiger partial charge in [0.2, 0.25) is 0 Å². The Morgan fingerprint density at radius 3 is 2.59 bits per heavy atom. The standard InChI is InChI=1S/C21H28FN3O2/c1-13(2)21-23-8-7-16(25-21)9-17-18(12-26)20(27)10-19(17)24-11-14-3-5-15(22)6-4-14/h3-8,13,17-20,24,26-27H,9-12H2,1-2H3/t17-,18-,19-,20-/m1/s1. The minimum atomic E-state index is -0.544. The lowest BCUT2D eigenvalue weighted by Crippen LogP contribution is -2.36. The predicted octanol–water partition coefficient (Wildman–Crippen LogP) is 2.43. The Morgan fingerprint density at radius 1 is 1.19 bits per heavy atom. The summed E-state index contributed by atoms with van der Waals surface area (Å²) in [5.74, 6) is 0.689. The molecular weight excluding hydrogens is 345 g/mol. The van der Waals surface area contributed by atoms with Crippen molar-refractivity contribution >= 4 is 0 Å². The molecule has 1 aromatic heterocycles. The summed E-state index contributed by atoms with van der Waals surface area (Å²) in [6.07, 6.45) is 2.49. The van der Waals surface area contributed by atoms with Crippen LogP contribution in [0, 0.1) is 17.7 Å². The number of nitrogens with zero attached hydrogens (tertiary/aromatic N) is 2. The van der Waals surface area contributed by atoms with Gasteiger partial charge in [-0.2, -0.15) is 0 Å². The number of nitrogens with one attached hydrogen (secondary N) is 1. The molecule has 0 spiro atoms. The average molecular weight is 373 g/mol. The first kappa shape index (κ1) is 19.9. The van der Waals surface area contributed by atoms with Gasteiger partial charge < -0.3 is 15.5 Å². The molecule has 0 amide bonds. The molecule has 1 aliphatic carbocycles. The van der Waals surface area contributed by atoms with Gasteiger partial charge in [0.15, 0.2) is 0 Å². The summed E-state index contributed by atoms with van der Waals surface area (Å²) in [6, 6.07) is 8.37. The highest BCUT2D eigenvalue weighted by Crippen LogP contribution is 2.35. The summed E-state index contributed by atoms with van der Waals surface area (Å²) in [7, 11) is 0. The van der Waals surface area contributed by atoms with Crippen molar-refractivity contribution in [3.05, 3.63) is 59.4 Å². The summed E-state index contributed by atoms with van der Waals surface area (Å²) in [4.78, 5) is 8.96. The van der Waals surface area contributed by atoms with Crippen LogP contribution in [0.25, 0.3) is 0 Å². The molecule has 1 heterocycles. The molecule has 0 radical (unpaired) electrons. The third-order valence-corrected chi connectivity index (χ3v) is 5.44. The van der Waals surface area contributed by atoms with Crippen molar-refractivity contribution in [1.82, 2.24) is 15.3 Å². The lowest BCUT2D eigenvalue weighted by molar-refractivity contribution is 0.0716. The van der Waals surface area contributed by atoms with Gasteiger partial charge in [-0.05, 0) is 42.5 Å². The molecule has 3 rings (SSSR count). The van der Waals surface area contributed by atoms with Crippen LogP contribution in [0.3, 0.4) is 0 Å². The molecular formula is C21H28FN3O2. The molecule has 0 saturated heterocycles. The fourth-order valence-corrected chi connectivity index (χ4v) is 3.88. The van der Waals surface area contributed by atoms with Crippen molar-refractivity contribution < 1.29 is 14.6 Å². The van der Waals surface area contributed by atoms with Crippen LogP contribution in [0.1, 0.15) is 43.3 Å². The molecule has 0 unspecified atom stereocenters. The van der Waals surface area contributed by atoms with Crippen molar-refractivity contribution in [2.75, 3.05) is 6.61 Å². The van der Waals surface area contributed by atoms with Crippen molar-refractivity contribution in [3.63, 3.8) is 0 Å². The highest BCUT2D eigenvalue weighted by molar-refractivity contribution is 5.16. The van der Waals surface area contributed by atoms with Crippen LogP contribution in [0.4, 0.5) is 4.39 Å². The summed E-state index contributed by atoms with van der Waals surface area (Å²) < 4.78 is 13.1. The Labute approximate surface area is 159 Å². The molecule has 146 valence electrons. The second-order valence-corrected chi connectivity index (χ2v) is 7.69. The van der Waals surface area contributed by atoms with Gasteiger partial charge in [-0.3, -0.25) is 0 Å². The first-order chi connectivity index (χ1) is 13.0. The largest absolute Gasteiger partial charge is 0.396 e. The molecule has 1 aromatic carbocycles. The van der Waals surface area contributed by atoms with Crippen LogP contribution in [0.15, 0.2) is 36.5 Å². The molecule has 0 bridgehead atoms. The van der Waals surface area contributed by atoms with Crippen LogP contribution < -0.4 is 5.32 Å². The molecule has 1 aliphatic rings. The molecule has 6 heteroatoms. The Hall–Kier alpha value is -1.89. The fraction of sp³-hybridized carbons (Fsp3) is 0.524. The zero-order valence-corrected chi connectivity index (χ0v) is 15.8. The van der Waals surface area contributed by atoms with E-state index in [2.05, 4.69) is 29.1 Å². The molecule has 5 nitrogen and oxygen atoms in total. The summed E-state index contributed by atoms with van der Waals surface area (Å²) in [5.41, 5.74) is 1.92. The Balaban J connectivity index is 1.72. The molecule has 4 atom stereocenters. The maximum absolute atomic E-state index is 13.1. The Kier molecular flexibility index (Phi) is 6.52. The smallest absolute Gasteiger partial charge is 0.131 e. The number of hydrogen-bond donors (Lipinski definition) is 3. The molecule has 1 saturated carbocycles. The van der Waals surface area contributed by atoms with Crippen molar-refractivity contribution in [3.8, 4) is 0 Å². The number of rotatable bonds is 7. The molecule has 27 heavy (non-hydrogen) atoms. The molecule has 2 aromatic rings. The van der Waals surface area contributed by atoms with E-state index in [1.54, 1.807) is 18.3 Å². The zero-order valence-electron chi connectivity index (χ0n) is 15.8. The predicted molar refractivity (Wildman–Crippen MR) is 102 cm³/mol. The second kappa shape index (κ2) is 8.87. The third kappa shape index (κ3) is 4.89. The molecule has 1 fully saturated rings. The van der Waals surface area contributed by atoms with E-state index >= 15 is 0 Å². The molecule has 3 N–H and O–H groups in total. The van der Waals surface area contributed by atoms with Crippen molar-refractivity contribution in [2.45, 2.75) is 51.3 Å². The summed E-state index contributed by atoms with van der Waals surface area (Å²) in [6.45, 7) is 4.65. The zero-order chi connectivity index (χ0) is 19.4. The van der Waals surface area contributed by atoms with E-state index in [9.17, 15) is 14.6 Å². The highest BCUT2D eigenvalue weighted by Gasteiger charge is 2.42. The van der Waals surface area contributed by atoms with Gasteiger partial charge in [-0.15, -0.1) is 0 Å². The number of aliphatic hydroxyl groups is 2. The van der Waals surface area contributed by atoms with Crippen molar-refractivity contribution in [1.29, 1.82) is 0 Å². The van der Waals surface area contributed by atoms with E-state index in [4.69, 9.17) is 0 Å². The minimum absolute atomic E-state index is 0.0529. The third-order valence-electron chi connectivity index (χ3n) is 5.44. The SMILES string of the molecule is CC(C)c1nccc(C[C@@H]2[C@@H](CO)[C@H](O)C[C@H]2NCc2ccc(F)cc2)n1. The van der Waals surface area contributed by atoms with E-state index in [1.165, 1.54) is 12.1 Å². The van der Waals surface area contributed by atoms with Crippen LogP contribution in [-0.2, 0) is 13.0 Å². The van der Waals surface area contributed by atoms with Gasteiger partial charge in [-0.1, -0.05) is 26.0 Å². The van der Waals surface area contributed by atoms with Crippen LogP contribution in [-0.4, -0.2) is 38.9 Å². The Bertz CT molecular complexity index is 738. The minimum Gasteiger partial charge on any atom is -0.396 e. The van der Waals surface area contributed by atoms with E-state index in [1.807, 2.05) is 6.07 Å². The number of aromatic nitrogens is 2. The lowest BCUT2D eigenvalue weighted by atomic mass is 9.88. The maximum Gasteiger partial charge on any atom is 0.131 e. The summed E-state index contributed by atoms with van der Waals surface area (Å²) >= 11 is 0. The number of hydrogen-bond acceptors (Lipinski definition) is 5. The molecule has 0 aliphatic heterocycles. The van der Waals surface area contributed by atoms with Crippen LogP contribution in [0.5, 0.6) is 0 Å². The highest BCUT2D eigenvalue weighted by atomic mass is 19.1. The number of benzene rings is 1. The fourth-order valence-electron chi connectivity index (χ4n) is 3.88. The van der Waals surface area contributed by atoms with Gasteiger partial charge in [-0.25, -0.2) is 14.4 Å². The monoisotopic (exact) mass is 373 g/mol. The van der Waals surface area contributed by atoms with E-state index < -0.39 is 6.10 Å². The first-order valence-corrected chi connectivity index (χ1v) is 9.56. The van der Waals surface area contributed by atoms with Crippen molar-refractivity contribution in [2.24, 2.45) is 11.8 Å². The quantitative estimate of drug-likeness (QED) is 0.695. The second-order valence-electron chi connectivity index (χ2n) is 7.69. The topological polar surface area (TPSA) is 78.3 Å². The van der Waals surface area contributed by atoms with Crippen LogP contribution in [0.2, 0.25) is 0 Å². The summed E-state index contributed by atoms with van der Waals surface area (Å²) in [5, 5.41) is 23.7. The van der Waals surface area contributed by atoms with Crippen LogP contribution >= 0.6 is 0 Å². The van der Waals surface area contributed by atoms with Gasteiger partial charge >= 0.3 is 0 Å². The van der Waals surface area contributed by atoms with E-state index in [0.29, 0.717) is 19.4 Å². The van der Waals surface area contributed by atoms with Gasteiger partial charge in [0.05, 0.1) is 6.10 Å².